The summed E-state index contributed by atoms with van der Waals surface area (Å²) < 4.78 is 0. The Kier molecular flexibility index (Phi) is 4.18. The predicted molar refractivity (Wildman–Crippen MR) is 85.6 cm³/mol. The van der Waals surface area contributed by atoms with Gasteiger partial charge in [0.25, 0.3) is 0 Å². The van der Waals surface area contributed by atoms with Crippen LogP contribution < -0.4 is 10.9 Å². The largest absolute Gasteiger partial charge is 0.326 e. The van der Waals surface area contributed by atoms with Crippen molar-refractivity contribution < 1.29 is 0 Å². The lowest BCUT2D eigenvalue weighted by molar-refractivity contribution is 0.147. The standard InChI is InChI=1S/C17H27N3O/c1-20(2)17(10-3-4-11-17)12-18-14-6-5-7-15-13(14)8-9-16(21)19-15/h8-9,14,18H,3-7,10-12H2,1-2H3,(H,19,21). The van der Waals surface area contributed by atoms with Crippen LogP contribution in [0.25, 0.3) is 0 Å². The third kappa shape index (κ3) is 2.92. The number of rotatable bonds is 4. The molecule has 2 aliphatic rings. The summed E-state index contributed by atoms with van der Waals surface area (Å²) in [5.74, 6) is 0. The predicted octanol–water partition coefficient (Wildman–Crippen LogP) is 2.22. The Labute approximate surface area is 126 Å². The van der Waals surface area contributed by atoms with Crippen LogP contribution in [0.2, 0.25) is 0 Å². The van der Waals surface area contributed by atoms with Gasteiger partial charge in [-0.3, -0.25) is 4.79 Å². The monoisotopic (exact) mass is 289 g/mol. The van der Waals surface area contributed by atoms with Crippen molar-refractivity contribution in [3.8, 4) is 0 Å². The number of fused-ring (bicyclic) bond motifs is 1. The smallest absolute Gasteiger partial charge is 0.248 e. The molecule has 0 aliphatic heterocycles. The van der Waals surface area contributed by atoms with Crippen molar-refractivity contribution in [1.29, 1.82) is 0 Å². The van der Waals surface area contributed by atoms with Gasteiger partial charge in [-0.25, -0.2) is 0 Å². The van der Waals surface area contributed by atoms with Gasteiger partial charge in [-0.1, -0.05) is 18.9 Å². The molecule has 1 atom stereocenters. The summed E-state index contributed by atoms with van der Waals surface area (Å²) in [6.07, 6.45) is 8.59. The molecule has 0 radical (unpaired) electrons. The van der Waals surface area contributed by atoms with Gasteiger partial charge in [0.15, 0.2) is 0 Å². The molecule has 2 N–H and O–H groups in total. The van der Waals surface area contributed by atoms with Gasteiger partial charge >= 0.3 is 0 Å². The minimum absolute atomic E-state index is 0.0231. The summed E-state index contributed by atoms with van der Waals surface area (Å²) in [5.41, 5.74) is 2.78. The van der Waals surface area contributed by atoms with Crippen LogP contribution in [0.4, 0.5) is 0 Å². The summed E-state index contributed by atoms with van der Waals surface area (Å²) in [6.45, 7) is 1.04. The number of hydrogen-bond acceptors (Lipinski definition) is 3. The summed E-state index contributed by atoms with van der Waals surface area (Å²) in [6, 6.07) is 4.07. The van der Waals surface area contributed by atoms with Crippen LogP contribution >= 0.6 is 0 Å². The van der Waals surface area contributed by atoms with Gasteiger partial charge in [0, 0.05) is 29.9 Å². The van der Waals surface area contributed by atoms with E-state index in [1.54, 1.807) is 6.07 Å². The summed E-state index contributed by atoms with van der Waals surface area (Å²) >= 11 is 0. The minimum atomic E-state index is 0.0231. The molecule has 1 aromatic heterocycles. The molecule has 4 nitrogen and oxygen atoms in total. The lowest BCUT2D eigenvalue weighted by Crippen LogP contribution is -2.50. The third-order valence-corrected chi connectivity index (χ3v) is 5.49. The van der Waals surface area contributed by atoms with E-state index in [4.69, 9.17) is 0 Å². The highest BCUT2D eigenvalue weighted by Gasteiger charge is 2.36. The van der Waals surface area contributed by atoms with Crippen LogP contribution in [-0.2, 0) is 6.42 Å². The van der Waals surface area contributed by atoms with E-state index in [0.29, 0.717) is 11.6 Å². The number of nitrogens with one attached hydrogen (secondary N) is 2. The maximum atomic E-state index is 11.5. The molecule has 0 bridgehead atoms. The second-order valence-corrected chi connectivity index (χ2v) is 6.91. The fraction of sp³-hybridized carbons (Fsp3) is 0.706. The van der Waals surface area contributed by atoms with Crippen molar-refractivity contribution in [2.75, 3.05) is 20.6 Å². The lowest BCUT2D eigenvalue weighted by atomic mass is 9.89. The van der Waals surface area contributed by atoms with Gasteiger partial charge in [-0.05, 0) is 51.8 Å². The highest BCUT2D eigenvalue weighted by Crippen LogP contribution is 2.35. The fourth-order valence-corrected chi connectivity index (χ4v) is 4.04. The number of aryl methyl sites for hydroxylation is 1. The maximum absolute atomic E-state index is 11.5. The van der Waals surface area contributed by atoms with Crippen LogP contribution in [-0.4, -0.2) is 36.1 Å². The number of nitrogens with zero attached hydrogens (tertiary/aromatic N) is 1. The van der Waals surface area contributed by atoms with Crippen LogP contribution in [0.3, 0.4) is 0 Å². The van der Waals surface area contributed by atoms with Crippen LogP contribution in [0.15, 0.2) is 16.9 Å². The Morgan fingerprint density at radius 2 is 2.05 bits per heavy atom. The number of aromatic nitrogens is 1. The van der Waals surface area contributed by atoms with Crippen LogP contribution in [0.5, 0.6) is 0 Å². The van der Waals surface area contributed by atoms with E-state index in [2.05, 4.69) is 29.3 Å². The molecule has 21 heavy (non-hydrogen) atoms. The molecule has 0 saturated heterocycles. The van der Waals surface area contributed by atoms with E-state index in [-0.39, 0.29) is 5.56 Å². The topological polar surface area (TPSA) is 48.1 Å². The van der Waals surface area contributed by atoms with E-state index in [1.807, 2.05) is 6.07 Å². The van der Waals surface area contributed by atoms with Gasteiger partial charge in [0.05, 0.1) is 0 Å². The first kappa shape index (κ1) is 14.8. The summed E-state index contributed by atoms with van der Waals surface area (Å²) in [5, 5.41) is 3.80. The third-order valence-electron chi connectivity index (χ3n) is 5.49. The van der Waals surface area contributed by atoms with Crippen molar-refractivity contribution in [3.05, 3.63) is 33.7 Å². The summed E-state index contributed by atoms with van der Waals surface area (Å²) in [4.78, 5) is 16.9. The van der Waals surface area contributed by atoms with E-state index in [9.17, 15) is 4.79 Å². The number of H-pyrrole nitrogens is 1. The maximum Gasteiger partial charge on any atom is 0.248 e. The number of likely N-dealkylation sites (N-methyl/N-ethyl adjacent to an activating group) is 1. The summed E-state index contributed by atoms with van der Waals surface area (Å²) in [7, 11) is 4.42. The molecule has 1 unspecified atom stereocenters. The van der Waals surface area contributed by atoms with Crippen molar-refractivity contribution in [3.63, 3.8) is 0 Å². The zero-order chi connectivity index (χ0) is 14.9. The lowest BCUT2D eigenvalue weighted by Gasteiger charge is -2.38. The Balaban J connectivity index is 1.73. The van der Waals surface area contributed by atoms with Crippen LogP contribution in [0.1, 0.15) is 55.8 Å². The Morgan fingerprint density at radius 3 is 2.76 bits per heavy atom. The van der Waals surface area contributed by atoms with E-state index in [0.717, 1.165) is 25.1 Å². The Bertz CT molecular complexity index is 543. The average Bonchev–Trinajstić information content (AvgIpc) is 2.95. The van der Waals surface area contributed by atoms with Crippen molar-refractivity contribution in [2.45, 2.75) is 56.5 Å². The van der Waals surface area contributed by atoms with E-state index in [1.165, 1.54) is 37.7 Å². The van der Waals surface area contributed by atoms with Crippen molar-refractivity contribution in [1.82, 2.24) is 15.2 Å². The van der Waals surface area contributed by atoms with Gasteiger partial charge in [-0.2, -0.15) is 0 Å². The molecule has 2 aliphatic carbocycles. The second-order valence-electron chi connectivity index (χ2n) is 6.91. The molecular formula is C17H27N3O. The van der Waals surface area contributed by atoms with Crippen molar-refractivity contribution >= 4 is 0 Å². The fourth-order valence-electron chi connectivity index (χ4n) is 4.04. The number of hydrogen-bond donors (Lipinski definition) is 2. The van der Waals surface area contributed by atoms with Crippen molar-refractivity contribution in [2.24, 2.45) is 0 Å². The highest BCUT2D eigenvalue weighted by atomic mass is 16.1. The number of aromatic amines is 1. The molecule has 4 heteroatoms. The second kappa shape index (κ2) is 5.93. The molecule has 1 fully saturated rings. The first-order chi connectivity index (χ1) is 10.1. The van der Waals surface area contributed by atoms with E-state index >= 15 is 0 Å². The zero-order valence-corrected chi connectivity index (χ0v) is 13.2. The molecule has 0 aromatic carbocycles. The molecule has 116 valence electrons. The van der Waals surface area contributed by atoms with E-state index < -0.39 is 0 Å². The quantitative estimate of drug-likeness (QED) is 0.893. The minimum Gasteiger partial charge on any atom is -0.326 e. The molecule has 3 rings (SSSR count). The molecule has 0 amide bonds. The molecule has 0 spiro atoms. The molecule has 1 heterocycles. The van der Waals surface area contributed by atoms with Gasteiger partial charge in [0.1, 0.15) is 0 Å². The Morgan fingerprint density at radius 1 is 1.29 bits per heavy atom. The first-order valence-corrected chi connectivity index (χ1v) is 8.24. The van der Waals surface area contributed by atoms with Crippen LogP contribution in [0, 0.1) is 0 Å². The molecular weight excluding hydrogens is 262 g/mol. The zero-order valence-electron chi connectivity index (χ0n) is 13.2. The normalized spacial score (nSPS) is 24.2. The first-order valence-electron chi connectivity index (χ1n) is 8.24. The number of pyridine rings is 1. The molecule has 1 saturated carbocycles. The van der Waals surface area contributed by atoms with Gasteiger partial charge in [0.2, 0.25) is 5.56 Å². The SMILES string of the molecule is CN(C)C1(CNC2CCCc3[nH]c(=O)ccc32)CCCC1. The molecule has 1 aromatic rings. The highest BCUT2D eigenvalue weighted by molar-refractivity contribution is 5.26. The Hall–Kier alpha value is -1.13. The van der Waals surface area contributed by atoms with Gasteiger partial charge < -0.3 is 15.2 Å². The van der Waals surface area contributed by atoms with Gasteiger partial charge in [-0.15, -0.1) is 0 Å². The average molecular weight is 289 g/mol.